The molecule has 0 spiro atoms. The minimum absolute atomic E-state index is 0.552. The molecule has 0 saturated heterocycles. The lowest BCUT2D eigenvalue weighted by Gasteiger charge is -2.06. The standard InChI is InChI=1S/C16H14ClN3S/c1-10-2-3-11-7-12(16(17)20-14(11)6-10)9-21-15-5-4-13(18)8-19-15/h2-8H,9,18H2,1H3. The quantitative estimate of drug-likeness (QED) is 0.572. The highest BCUT2D eigenvalue weighted by Crippen LogP contribution is 2.27. The van der Waals surface area contributed by atoms with Gasteiger partial charge in [0.25, 0.3) is 0 Å². The van der Waals surface area contributed by atoms with Crippen molar-refractivity contribution >= 4 is 40.0 Å². The third-order valence-corrected chi connectivity index (χ3v) is 4.45. The number of halogens is 1. The van der Waals surface area contributed by atoms with Gasteiger partial charge in [0.2, 0.25) is 0 Å². The fourth-order valence-electron chi connectivity index (χ4n) is 2.03. The molecule has 0 bridgehead atoms. The Morgan fingerprint density at radius 2 is 2.05 bits per heavy atom. The minimum Gasteiger partial charge on any atom is -0.397 e. The van der Waals surface area contributed by atoms with E-state index in [1.54, 1.807) is 18.0 Å². The summed E-state index contributed by atoms with van der Waals surface area (Å²) < 4.78 is 0. The number of pyridine rings is 2. The van der Waals surface area contributed by atoms with Crippen LogP contribution in [0.3, 0.4) is 0 Å². The number of benzene rings is 1. The molecule has 0 unspecified atom stereocenters. The van der Waals surface area contributed by atoms with Crippen molar-refractivity contribution in [2.75, 3.05) is 5.73 Å². The van der Waals surface area contributed by atoms with Crippen LogP contribution in [-0.2, 0) is 5.75 Å². The molecule has 0 saturated carbocycles. The fourth-order valence-corrected chi connectivity index (χ4v) is 3.13. The number of nitrogens with zero attached hydrogens (tertiary/aromatic N) is 2. The zero-order valence-electron chi connectivity index (χ0n) is 11.5. The lowest BCUT2D eigenvalue weighted by Crippen LogP contribution is -1.91. The predicted molar refractivity (Wildman–Crippen MR) is 89.7 cm³/mol. The Morgan fingerprint density at radius 1 is 1.19 bits per heavy atom. The molecule has 5 heteroatoms. The molecule has 0 aliphatic heterocycles. The molecule has 0 aliphatic rings. The van der Waals surface area contributed by atoms with E-state index in [1.807, 2.05) is 25.1 Å². The van der Waals surface area contributed by atoms with Crippen molar-refractivity contribution in [3.8, 4) is 0 Å². The lowest BCUT2D eigenvalue weighted by molar-refractivity contribution is 1.13. The first-order chi connectivity index (χ1) is 10.1. The first kappa shape index (κ1) is 14.2. The van der Waals surface area contributed by atoms with Crippen LogP contribution in [0.2, 0.25) is 5.15 Å². The van der Waals surface area contributed by atoms with Crippen LogP contribution in [0.1, 0.15) is 11.1 Å². The molecule has 2 heterocycles. The van der Waals surface area contributed by atoms with E-state index in [0.717, 1.165) is 27.2 Å². The van der Waals surface area contributed by atoms with Gasteiger partial charge in [0.1, 0.15) is 5.15 Å². The summed E-state index contributed by atoms with van der Waals surface area (Å²) in [7, 11) is 0. The largest absolute Gasteiger partial charge is 0.397 e. The van der Waals surface area contributed by atoms with E-state index in [9.17, 15) is 0 Å². The maximum Gasteiger partial charge on any atom is 0.133 e. The molecule has 0 aliphatic carbocycles. The summed E-state index contributed by atoms with van der Waals surface area (Å²) in [5.74, 6) is 0.729. The van der Waals surface area contributed by atoms with Crippen LogP contribution >= 0.6 is 23.4 Å². The van der Waals surface area contributed by atoms with Gasteiger partial charge in [-0.3, -0.25) is 0 Å². The molecule has 0 radical (unpaired) electrons. The average Bonchev–Trinajstić information content (AvgIpc) is 2.47. The maximum absolute atomic E-state index is 6.28. The fraction of sp³-hybridized carbons (Fsp3) is 0.125. The Kier molecular flexibility index (Phi) is 3.99. The molecular formula is C16H14ClN3S. The highest BCUT2D eigenvalue weighted by Gasteiger charge is 2.06. The SMILES string of the molecule is Cc1ccc2cc(CSc3ccc(N)cn3)c(Cl)nc2c1. The van der Waals surface area contributed by atoms with Crippen molar-refractivity contribution in [2.24, 2.45) is 0 Å². The van der Waals surface area contributed by atoms with Gasteiger partial charge in [0.05, 0.1) is 22.4 Å². The van der Waals surface area contributed by atoms with Gasteiger partial charge >= 0.3 is 0 Å². The number of thioether (sulfide) groups is 1. The average molecular weight is 316 g/mol. The van der Waals surface area contributed by atoms with Crippen LogP contribution in [0.25, 0.3) is 10.9 Å². The second-order valence-corrected chi connectivity index (χ2v) is 6.21. The Labute approximate surface area is 132 Å². The monoisotopic (exact) mass is 315 g/mol. The molecule has 0 amide bonds. The van der Waals surface area contributed by atoms with E-state index >= 15 is 0 Å². The van der Waals surface area contributed by atoms with E-state index in [2.05, 4.69) is 28.2 Å². The summed E-state index contributed by atoms with van der Waals surface area (Å²) >= 11 is 7.90. The van der Waals surface area contributed by atoms with Gasteiger partial charge in [-0.25, -0.2) is 9.97 Å². The summed E-state index contributed by atoms with van der Waals surface area (Å²) in [6.45, 7) is 2.05. The highest BCUT2D eigenvalue weighted by atomic mass is 35.5. The normalized spacial score (nSPS) is 11.0. The number of aryl methyl sites for hydroxylation is 1. The van der Waals surface area contributed by atoms with Crippen molar-refractivity contribution < 1.29 is 0 Å². The molecular weight excluding hydrogens is 302 g/mol. The number of anilines is 1. The van der Waals surface area contributed by atoms with Crippen LogP contribution in [0.4, 0.5) is 5.69 Å². The topological polar surface area (TPSA) is 51.8 Å². The van der Waals surface area contributed by atoms with E-state index in [4.69, 9.17) is 17.3 Å². The number of rotatable bonds is 3. The van der Waals surface area contributed by atoms with Gasteiger partial charge in [-0.2, -0.15) is 0 Å². The van der Waals surface area contributed by atoms with E-state index in [1.165, 1.54) is 5.56 Å². The molecule has 21 heavy (non-hydrogen) atoms. The zero-order chi connectivity index (χ0) is 14.8. The van der Waals surface area contributed by atoms with Gasteiger partial charge < -0.3 is 5.73 Å². The second kappa shape index (κ2) is 5.92. The lowest BCUT2D eigenvalue weighted by atomic mass is 10.1. The van der Waals surface area contributed by atoms with Crippen LogP contribution in [0, 0.1) is 6.92 Å². The van der Waals surface area contributed by atoms with Crippen LogP contribution < -0.4 is 5.73 Å². The molecule has 106 valence electrons. The Morgan fingerprint density at radius 3 is 2.81 bits per heavy atom. The number of nitrogens with two attached hydrogens (primary N) is 1. The van der Waals surface area contributed by atoms with Gasteiger partial charge in [0, 0.05) is 16.7 Å². The van der Waals surface area contributed by atoms with E-state index in [-0.39, 0.29) is 0 Å². The van der Waals surface area contributed by atoms with Crippen LogP contribution in [-0.4, -0.2) is 9.97 Å². The molecule has 3 nitrogen and oxygen atoms in total. The van der Waals surface area contributed by atoms with Crippen LogP contribution in [0.5, 0.6) is 0 Å². The minimum atomic E-state index is 0.552. The second-order valence-electron chi connectivity index (χ2n) is 4.85. The van der Waals surface area contributed by atoms with Crippen molar-refractivity contribution in [3.63, 3.8) is 0 Å². The molecule has 3 rings (SSSR count). The summed E-state index contributed by atoms with van der Waals surface area (Å²) in [6, 6.07) is 12.0. The number of hydrogen-bond donors (Lipinski definition) is 1. The third-order valence-electron chi connectivity index (χ3n) is 3.13. The molecule has 1 aromatic carbocycles. The van der Waals surface area contributed by atoms with Crippen LogP contribution in [0.15, 0.2) is 47.6 Å². The van der Waals surface area contributed by atoms with Crippen molar-refractivity contribution in [1.29, 1.82) is 0 Å². The van der Waals surface area contributed by atoms with Crippen molar-refractivity contribution in [1.82, 2.24) is 9.97 Å². The third kappa shape index (κ3) is 3.28. The predicted octanol–water partition coefficient (Wildman–Crippen LogP) is 4.47. The molecule has 0 fully saturated rings. The van der Waals surface area contributed by atoms with Gasteiger partial charge in [-0.05, 0) is 36.8 Å². The number of nitrogen functional groups attached to an aromatic ring is 1. The highest BCUT2D eigenvalue weighted by molar-refractivity contribution is 7.98. The Balaban J connectivity index is 1.85. The summed E-state index contributed by atoms with van der Waals surface area (Å²) in [6.07, 6.45) is 1.66. The van der Waals surface area contributed by atoms with Gasteiger partial charge in [-0.1, -0.05) is 23.7 Å². The Hall–Kier alpha value is -1.78. The first-order valence-electron chi connectivity index (χ1n) is 6.52. The van der Waals surface area contributed by atoms with Gasteiger partial charge in [-0.15, -0.1) is 11.8 Å². The zero-order valence-corrected chi connectivity index (χ0v) is 13.1. The van der Waals surface area contributed by atoms with E-state index < -0.39 is 0 Å². The molecule has 0 atom stereocenters. The molecule has 2 N–H and O–H groups in total. The van der Waals surface area contributed by atoms with Crippen molar-refractivity contribution in [2.45, 2.75) is 17.7 Å². The summed E-state index contributed by atoms with van der Waals surface area (Å²) in [4.78, 5) is 8.75. The summed E-state index contributed by atoms with van der Waals surface area (Å²) in [5, 5.41) is 2.58. The first-order valence-corrected chi connectivity index (χ1v) is 7.88. The van der Waals surface area contributed by atoms with Gasteiger partial charge in [0.15, 0.2) is 0 Å². The number of aromatic nitrogens is 2. The maximum atomic E-state index is 6.28. The van der Waals surface area contributed by atoms with Crippen molar-refractivity contribution in [3.05, 3.63) is 58.9 Å². The number of hydrogen-bond acceptors (Lipinski definition) is 4. The van der Waals surface area contributed by atoms with E-state index in [0.29, 0.717) is 10.8 Å². The molecule has 2 aromatic heterocycles. The smallest absolute Gasteiger partial charge is 0.133 e. The number of fused-ring (bicyclic) bond motifs is 1. The molecule has 3 aromatic rings. The Bertz CT molecular complexity index is 787. The summed E-state index contributed by atoms with van der Waals surface area (Å²) in [5.41, 5.74) is 9.42.